The molecule has 0 aromatic heterocycles. The van der Waals surface area contributed by atoms with E-state index in [-0.39, 0.29) is 10.5 Å². The fraction of sp³-hybridized carbons (Fsp3) is 0.417. The van der Waals surface area contributed by atoms with Gasteiger partial charge in [0, 0.05) is 5.54 Å². The minimum absolute atomic E-state index is 0.0370. The summed E-state index contributed by atoms with van der Waals surface area (Å²) in [5.41, 5.74) is 0.281. The molecule has 1 N–H and O–H groups in total. The molecule has 0 aliphatic rings. The lowest BCUT2D eigenvalue weighted by atomic mass is 10.1. The number of hydrogen-bond donors (Lipinski definition) is 1. The monoisotopic (exact) mass is 252 g/mol. The molecule has 0 spiro atoms. The van der Waals surface area contributed by atoms with E-state index in [0.717, 1.165) is 0 Å². The van der Waals surface area contributed by atoms with E-state index in [0.29, 0.717) is 5.56 Å². The first-order valence-electron chi connectivity index (χ1n) is 5.21. The molecule has 92 valence electrons. The molecule has 17 heavy (non-hydrogen) atoms. The zero-order chi connectivity index (χ0) is 13.3. The Hall–Kier alpha value is -1.38. The molecule has 0 amide bonds. The third-order valence-electron chi connectivity index (χ3n) is 2.08. The van der Waals surface area contributed by atoms with Crippen LogP contribution in [0.4, 0.5) is 0 Å². The quantitative estimate of drug-likeness (QED) is 0.874. The number of nitrogens with zero attached hydrogens (tertiary/aromatic N) is 1. The lowest BCUT2D eigenvalue weighted by Gasteiger charge is -2.21. The summed E-state index contributed by atoms with van der Waals surface area (Å²) in [6, 6.07) is 6.73. The van der Waals surface area contributed by atoms with E-state index in [9.17, 15) is 8.42 Å². The van der Waals surface area contributed by atoms with E-state index in [1.165, 1.54) is 6.07 Å². The van der Waals surface area contributed by atoms with Crippen molar-refractivity contribution < 1.29 is 8.42 Å². The van der Waals surface area contributed by atoms with Gasteiger partial charge in [-0.15, -0.1) is 0 Å². The van der Waals surface area contributed by atoms with E-state index in [4.69, 9.17) is 5.26 Å². The number of nitriles is 1. The highest BCUT2D eigenvalue weighted by Crippen LogP contribution is 2.19. The SMILES string of the molecule is Cc1cccc(S(=O)(=O)NC(C)(C)C)c1C#N. The van der Waals surface area contributed by atoms with Crippen LogP contribution in [0, 0.1) is 18.3 Å². The number of hydrogen-bond acceptors (Lipinski definition) is 3. The smallest absolute Gasteiger partial charge is 0.207 e. The van der Waals surface area contributed by atoms with Gasteiger partial charge in [-0.05, 0) is 39.3 Å². The van der Waals surface area contributed by atoms with Gasteiger partial charge in [0.25, 0.3) is 0 Å². The third-order valence-corrected chi connectivity index (χ3v) is 3.88. The standard InChI is InChI=1S/C12H16N2O2S/c1-9-6-5-7-11(10(9)8-13)17(15,16)14-12(2,3)4/h5-7,14H,1-4H3. The zero-order valence-electron chi connectivity index (χ0n) is 10.4. The highest BCUT2D eigenvalue weighted by atomic mass is 32.2. The predicted molar refractivity (Wildman–Crippen MR) is 66.0 cm³/mol. The summed E-state index contributed by atoms with van der Waals surface area (Å²) < 4.78 is 26.8. The Bertz CT molecular complexity index is 563. The van der Waals surface area contributed by atoms with Crippen LogP contribution in [0.1, 0.15) is 31.9 Å². The maximum absolute atomic E-state index is 12.1. The minimum Gasteiger partial charge on any atom is -0.207 e. The average Bonchev–Trinajstić information content (AvgIpc) is 2.13. The van der Waals surface area contributed by atoms with Crippen molar-refractivity contribution >= 4 is 10.0 Å². The summed E-state index contributed by atoms with van der Waals surface area (Å²) in [5.74, 6) is 0. The first kappa shape index (κ1) is 13.7. The van der Waals surface area contributed by atoms with E-state index < -0.39 is 15.6 Å². The minimum atomic E-state index is -3.66. The van der Waals surface area contributed by atoms with Crippen molar-refractivity contribution in [3.63, 3.8) is 0 Å². The number of aryl methyl sites for hydroxylation is 1. The second kappa shape index (κ2) is 4.47. The van der Waals surface area contributed by atoms with Crippen LogP contribution in [0.15, 0.2) is 23.1 Å². The Balaban J connectivity index is 3.36. The molecule has 4 nitrogen and oxygen atoms in total. The zero-order valence-corrected chi connectivity index (χ0v) is 11.2. The van der Waals surface area contributed by atoms with Gasteiger partial charge >= 0.3 is 0 Å². The molecule has 0 unspecified atom stereocenters. The normalized spacial score (nSPS) is 12.2. The van der Waals surface area contributed by atoms with Crippen molar-refractivity contribution in [2.75, 3.05) is 0 Å². The van der Waals surface area contributed by atoms with Crippen LogP contribution in [0.25, 0.3) is 0 Å². The fourth-order valence-electron chi connectivity index (χ4n) is 1.47. The molecule has 0 saturated carbocycles. The van der Waals surface area contributed by atoms with Crippen LogP contribution in [0.3, 0.4) is 0 Å². The Morgan fingerprint density at radius 2 is 1.88 bits per heavy atom. The second-order valence-electron chi connectivity index (χ2n) is 4.92. The summed E-state index contributed by atoms with van der Waals surface area (Å²) >= 11 is 0. The molecule has 0 atom stereocenters. The number of nitrogens with one attached hydrogen (secondary N) is 1. The van der Waals surface area contributed by atoms with Gasteiger partial charge in [0.1, 0.15) is 11.0 Å². The molecular weight excluding hydrogens is 236 g/mol. The molecule has 0 radical (unpaired) electrons. The third kappa shape index (κ3) is 3.29. The molecule has 0 fully saturated rings. The summed E-state index contributed by atoms with van der Waals surface area (Å²) in [6.07, 6.45) is 0. The fourth-order valence-corrected chi connectivity index (χ4v) is 3.12. The molecule has 1 aromatic rings. The first-order chi connectivity index (χ1) is 7.67. The largest absolute Gasteiger partial charge is 0.242 e. The molecule has 0 saturated heterocycles. The summed E-state index contributed by atoms with van der Waals surface area (Å²) in [4.78, 5) is 0.0370. The van der Waals surface area contributed by atoms with Gasteiger partial charge in [-0.1, -0.05) is 12.1 Å². The predicted octanol–water partition coefficient (Wildman–Crippen LogP) is 1.94. The molecule has 1 rings (SSSR count). The van der Waals surface area contributed by atoms with Crippen molar-refractivity contribution in [1.82, 2.24) is 4.72 Å². The van der Waals surface area contributed by atoms with Gasteiger partial charge in [0.15, 0.2) is 0 Å². The molecule has 0 aliphatic carbocycles. The van der Waals surface area contributed by atoms with Gasteiger partial charge in [-0.2, -0.15) is 5.26 Å². The molecule has 0 heterocycles. The topological polar surface area (TPSA) is 70.0 Å². The molecule has 0 aliphatic heterocycles. The van der Waals surface area contributed by atoms with Crippen molar-refractivity contribution in [2.45, 2.75) is 38.1 Å². The summed E-state index contributed by atoms with van der Waals surface area (Å²) in [7, 11) is -3.66. The summed E-state index contributed by atoms with van der Waals surface area (Å²) in [6.45, 7) is 6.99. The Kier molecular flexibility index (Phi) is 3.60. The lowest BCUT2D eigenvalue weighted by molar-refractivity contribution is 0.491. The maximum Gasteiger partial charge on any atom is 0.242 e. The Labute approximate surface area is 102 Å². The van der Waals surface area contributed by atoms with Gasteiger partial charge in [-0.25, -0.2) is 13.1 Å². The van der Waals surface area contributed by atoms with Gasteiger partial charge in [-0.3, -0.25) is 0 Å². The van der Waals surface area contributed by atoms with Crippen LogP contribution >= 0.6 is 0 Å². The van der Waals surface area contributed by atoms with Gasteiger partial charge < -0.3 is 0 Å². The molecule has 5 heteroatoms. The second-order valence-corrected chi connectivity index (χ2v) is 6.57. The van der Waals surface area contributed by atoms with Crippen LogP contribution < -0.4 is 4.72 Å². The van der Waals surface area contributed by atoms with Crippen LogP contribution in [-0.2, 0) is 10.0 Å². The highest BCUT2D eigenvalue weighted by molar-refractivity contribution is 7.89. The Morgan fingerprint density at radius 3 is 2.35 bits per heavy atom. The number of benzene rings is 1. The number of sulfonamides is 1. The van der Waals surface area contributed by atoms with Crippen LogP contribution in [0.2, 0.25) is 0 Å². The lowest BCUT2D eigenvalue weighted by Crippen LogP contribution is -2.40. The Morgan fingerprint density at radius 1 is 1.29 bits per heavy atom. The van der Waals surface area contributed by atoms with Crippen molar-refractivity contribution in [1.29, 1.82) is 5.26 Å². The molecular formula is C12H16N2O2S. The first-order valence-corrected chi connectivity index (χ1v) is 6.69. The molecule has 0 bridgehead atoms. The van der Waals surface area contributed by atoms with Gasteiger partial charge in [0.05, 0.1) is 5.56 Å². The van der Waals surface area contributed by atoms with Crippen molar-refractivity contribution in [2.24, 2.45) is 0 Å². The van der Waals surface area contributed by atoms with Gasteiger partial charge in [0.2, 0.25) is 10.0 Å². The summed E-state index contributed by atoms with van der Waals surface area (Å²) in [5, 5.41) is 9.02. The molecule has 1 aromatic carbocycles. The van der Waals surface area contributed by atoms with Crippen LogP contribution in [0.5, 0.6) is 0 Å². The average molecular weight is 252 g/mol. The maximum atomic E-state index is 12.1. The van der Waals surface area contributed by atoms with E-state index in [1.54, 1.807) is 39.8 Å². The van der Waals surface area contributed by atoms with Crippen LogP contribution in [-0.4, -0.2) is 14.0 Å². The van der Waals surface area contributed by atoms with E-state index in [2.05, 4.69) is 4.72 Å². The van der Waals surface area contributed by atoms with Crippen molar-refractivity contribution in [3.8, 4) is 6.07 Å². The van der Waals surface area contributed by atoms with E-state index in [1.807, 2.05) is 6.07 Å². The van der Waals surface area contributed by atoms with Crippen molar-refractivity contribution in [3.05, 3.63) is 29.3 Å². The number of rotatable bonds is 2. The van der Waals surface area contributed by atoms with E-state index >= 15 is 0 Å². The highest BCUT2D eigenvalue weighted by Gasteiger charge is 2.24.